The van der Waals surface area contributed by atoms with Gasteiger partial charge >= 0.3 is 0 Å². The molecule has 2 amide bonds. The van der Waals surface area contributed by atoms with Gasteiger partial charge in [-0.2, -0.15) is 0 Å². The average Bonchev–Trinajstić information content (AvgIpc) is 2.92. The third-order valence-electron chi connectivity index (χ3n) is 3.00. The van der Waals surface area contributed by atoms with Crippen molar-refractivity contribution >= 4 is 11.8 Å². The number of carbonyl (C=O) groups excluding carboxylic acids is 2. The molecule has 0 aliphatic heterocycles. The fraction of sp³-hybridized carbons (Fsp3) is 0.846. The van der Waals surface area contributed by atoms with Crippen molar-refractivity contribution in [1.82, 2.24) is 10.6 Å². The van der Waals surface area contributed by atoms with Gasteiger partial charge in [0.25, 0.3) is 0 Å². The van der Waals surface area contributed by atoms with E-state index in [0.29, 0.717) is 24.7 Å². The molecule has 1 saturated carbocycles. The van der Waals surface area contributed by atoms with Crippen LogP contribution in [0.3, 0.4) is 0 Å². The van der Waals surface area contributed by atoms with Gasteiger partial charge in [0.15, 0.2) is 0 Å². The van der Waals surface area contributed by atoms with Crippen molar-refractivity contribution in [3.63, 3.8) is 0 Å². The summed E-state index contributed by atoms with van der Waals surface area (Å²) in [5.74, 6) is 1.24. The van der Waals surface area contributed by atoms with Gasteiger partial charge in [0.1, 0.15) is 0 Å². The van der Waals surface area contributed by atoms with Crippen LogP contribution in [0.1, 0.15) is 46.5 Å². The molecule has 0 heterocycles. The lowest BCUT2D eigenvalue weighted by Gasteiger charge is -2.08. The van der Waals surface area contributed by atoms with Crippen LogP contribution in [0.5, 0.6) is 0 Å². The molecule has 0 spiro atoms. The smallest absolute Gasteiger partial charge is 0.220 e. The molecule has 17 heavy (non-hydrogen) atoms. The first-order valence-electron chi connectivity index (χ1n) is 6.59. The van der Waals surface area contributed by atoms with Crippen LogP contribution in [0.15, 0.2) is 0 Å². The van der Waals surface area contributed by atoms with Crippen molar-refractivity contribution in [3.05, 3.63) is 0 Å². The van der Waals surface area contributed by atoms with Gasteiger partial charge in [0.05, 0.1) is 0 Å². The Balaban J connectivity index is 2.09. The topological polar surface area (TPSA) is 58.2 Å². The fourth-order valence-corrected chi connectivity index (χ4v) is 1.99. The number of nitrogens with one attached hydrogen (secondary N) is 2. The number of hydrogen-bond acceptors (Lipinski definition) is 2. The zero-order chi connectivity index (χ0) is 12.8. The van der Waals surface area contributed by atoms with Gasteiger partial charge in [-0.3, -0.25) is 9.59 Å². The number of carbonyl (C=O) groups is 2. The summed E-state index contributed by atoms with van der Waals surface area (Å²) in [5, 5.41) is 5.81. The molecule has 2 atom stereocenters. The Labute approximate surface area is 104 Å². The van der Waals surface area contributed by atoms with E-state index in [-0.39, 0.29) is 17.9 Å². The molecule has 0 aromatic heterocycles. The minimum absolute atomic E-state index is 0.129. The standard InChI is InChI=1S/C13H24N2O2/c1-4-5-12(16)14-8-11-6-10(11)7-13(17)15-9(2)3/h9-11H,4-8H2,1-3H3,(H,14,16)(H,15,17). The monoisotopic (exact) mass is 240 g/mol. The van der Waals surface area contributed by atoms with Gasteiger partial charge in [-0.1, -0.05) is 6.92 Å². The predicted molar refractivity (Wildman–Crippen MR) is 67.4 cm³/mol. The quantitative estimate of drug-likeness (QED) is 0.707. The molecule has 0 saturated heterocycles. The van der Waals surface area contributed by atoms with E-state index in [4.69, 9.17) is 0 Å². The van der Waals surface area contributed by atoms with Gasteiger partial charge < -0.3 is 10.6 Å². The molecule has 98 valence electrons. The minimum atomic E-state index is 0.129. The number of rotatable bonds is 7. The Morgan fingerprint density at radius 2 is 1.94 bits per heavy atom. The molecule has 0 aromatic rings. The van der Waals surface area contributed by atoms with Crippen LogP contribution >= 0.6 is 0 Å². The van der Waals surface area contributed by atoms with Gasteiger partial charge in [0, 0.05) is 25.4 Å². The van der Waals surface area contributed by atoms with Gasteiger partial charge in [0.2, 0.25) is 11.8 Å². The molecule has 1 aliphatic carbocycles. The second-order valence-corrected chi connectivity index (χ2v) is 5.24. The van der Waals surface area contributed by atoms with Crippen molar-refractivity contribution < 1.29 is 9.59 Å². The van der Waals surface area contributed by atoms with Crippen LogP contribution < -0.4 is 10.6 Å². The van der Waals surface area contributed by atoms with Gasteiger partial charge in [-0.25, -0.2) is 0 Å². The first-order chi connectivity index (χ1) is 8.02. The lowest BCUT2D eigenvalue weighted by molar-refractivity contribution is -0.122. The summed E-state index contributed by atoms with van der Waals surface area (Å²) >= 11 is 0. The molecule has 1 rings (SSSR count). The highest BCUT2D eigenvalue weighted by Gasteiger charge is 2.38. The average molecular weight is 240 g/mol. The predicted octanol–water partition coefficient (Wildman–Crippen LogP) is 1.45. The SMILES string of the molecule is CCCC(=O)NCC1CC1CC(=O)NC(C)C. The maximum atomic E-state index is 11.5. The fourth-order valence-electron chi connectivity index (χ4n) is 1.99. The van der Waals surface area contributed by atoms with E-state index < -0.39 is 0 Å². The maximum Gasteiger partial charge on any atom is 0.220 e. The first-order valence-corrected chi connectivity index (χ1v) is 6.59. The summed E-state index contributed by atoms with van der Waals surface area (Å²) in [6.07, 6.45) is 3.16. The highest BCUT2D eigenvalue weighted by molar-refractivity contribution is 5.77. The van der Waals surface area contributed by atoms with Crippen molar-refractivity contribution in [2.45, 2.75) is 52.5 Å². The number of hydrogen-bond donors (Lipinski definition) is 2. The summed E-state index contributed by atoms with van der Waals surface area (Å²) < 4.78 is 0. The van der Waals surface area contributed by atoms with Crippen LogP contribution in [0, 0.1) is 11.8 Å². The molecule has 0 aromatic carbocycles. The van der Waals surface area contributed by atoms with Crippen molar-refractivity contribution in [3.8, 4) is 0 Å². The molecular weight excluding hydrogens is 216 g/mol. The molecule has 2 N–H and O–H groups in total. The second-order valence-electron chi connectivity index (χ2n) is 5.24. The summed E-state index contributed by atoms with van der Waals surface area (Å²) in [6, 6.07) is 0.212. The molecule has 2 unspecified atom stereocenters. The van der Waals surface area contributed by atoms with Crippen molar-refractivity contribution in [2.24, 2.45) is 11.8 Å². The van der Waals surface area contributed by atoms with Gasteiger partial charge in [-0.15, -0.1) is 0 Å². The largest absolute Gasteiger partial charge is 0.356 e. The Hall–Kier alpha value is -1.06. The summed E-state index contributed by atoms with van der Waals surface area (Å²) in [4.78, 5) is 22.8. The molecule has 4 nitrogen and oxygen atoms in total. The molecule has 0 radical (unpaired) electrons. The Morgan fingerprint density at radius 3 is 2.53 bits per heavy atom. The highest BCUT2D eigenvalue weighted by Crippen LogP contribution is 2.40. The van der Waals surface area contributed by atoms with E-state index in [1.54, 1.807) is 0 Å². The number of amides is 2. The van der Waals surface area contributed by atoms with E-state index in [2.05, 4.69) is 10.6 Å². The third-order valence-corrected chi connectivity index (χ3v) is 3.00. The van der Waals surface area contributed by atoms with Gasteiger partial charge in [-0.05, 0) is 38.5 Å². The Morgan fingerprint density at radius 1 is 1.24 bits per heavy atom. The normalized spacial score (nSPS) is 22.4. The molecule has 1 aliphatic rings. The van der Waals surface area contributed by atoms with Crippen molar-refractivity contribution in [2.75, 3.05) is 6.54 Å². The van der Waals surface area contributed by atoms with Crippen LogP contribution in [0.4, 0.5) is 0 Å². The minimum Gasteiger partial charge on any atom is -0.356 e. The van der Waals surface area contributed by atoms with E-state index in [1.165, 1.54) is 0 Å². The molecule has 4 heteroatoms. The molecule has 1 fully saturated rings. The Bertz CT molecular complexity index is 277. The lowest BCUT2D eigenvalue weighted by atomic mass is 10.2. The highest BCUT2D eigenvalue weighted by atomic mass is 16.2. The van der Waals surface area contributed by atoms with Crippen LogP contribution in [0.2, 0.25) is 0 Å². The van der Waals surface area contributed by atoms with E-state index in [9.17, 15) is 9.59 Å². The van der Waals surface area contributed by atoms with Crippen LogP contribution in [-0.2, 0) is 9.59 Å². The summed E-state index contributed by atoms with van der Waals surface area (Å²) in [7, 11) is 0. The summed E-state index contributed by atoms with van der Waals surface area (Å²) in [5.41, 5.74) is 0. The zero-order valence-corrected chi connectivity index (χ0v) is 11.1. The van der Waals surface area contributed by atoms with E-state index in [0.717, 1.165) is 19.4 Å². The first kappa shape index (κ1) is 14.0. The van der Waals surface area contributed by atoms with Crippen LogP contribution in [0.25, 0.3) is 0 Å². The third kappa shape index (κ3) is 5.71. The maximum absolute atomic E-state index is 11.5. The lowest BCUT2D eigenvalue weighted by Crippen LogP contribution is -2.30. The Kier molecular flexibility index (Phi) is 5.45. The second kappa shape index (κ2) is 6.62. The zero-order valence-electron chi connectivity index (χ0n) is 11.1. The van der Waals surface area contributed by atoms with Crippen molar-refractivity contribution in [1.29, 1.82) is 0 Å². The van der Waals surface area contributed by atoms with Crippen LogP contribution in [-0.4, -0.2) is 24.4 Å². The molecule has 0 bridgehead atoms. The molecular formula is C13H24N2O2. The van der Waals surface area contributed by atoms with E-state index >= 15 is 0 Å². The summed E-state index contributed by atoms with van der Waals surface area (Å²) in [6.45, 7) is 6.66. The van der Waals surface area contributed by atoms with E-state index in [1.807, 2.05) is 20.8 Å².